The number of carbonyl (C=O) groups excluding carboxylic acids is 2. The van der Waals surface area contributed by atoms with Gasteiger partial charge in [0.1, 0.15) is 5.75 Å². The first-order valence-electron chi connectivity index (χ1n) is 10.4. The van der Waals surface area contributed by atoms with Crippen LogP contribution in [0.15, 0.2) is 34.9 Å². The Morgan fingerprint density at radius 3 is 2.87 bits per heavy atom. The third-order valence-corrected chi connectivity index (χ3v) is 5.10. The lowest BCUT2D eigenvalue weighted by atomic mass is 10.1. The van der Waals surface area contributed by atoms with Crippen LogP contribution in [0.1, 0.15) is 29.8 Å². The van der Waals surface area contributed by atoms with Gasteiger partial charge >= 0.3 is 0 Å². The van der Waals surface area contributed by atoms with E-state index in [4.69, 9.17) is 18.7 Å². The molecule has 0 saturated carbocycles. The Labute approximate surface area is 181 Å². The van der Waals surface area contributed by atoms with Crippen LogP contribution in [0.4, 0.5) is 0 Å². The molecule has 1 aromatic heterocycles. The second-order valence-electron chi connectivity index (χ2n) is 7.28. The Hall–Kier alpha value is -2.91. The summed E-state index contributed by atoms with van der Waals surface area (Å²) < 4.78 is 21.2. The van der Waals surface area contributed by atoms with Gasteiger partial charge < -0.3 is 29.0 Å². The Bertz CT molecular complexity index is 862. The van der Waals surface area contributed by atoms with Crippen LogP contribution in [-0.4, -0.2) is 75.0 Å². The van der Waals surface area contributed by atoms with Crippen LogP contribution in [0.5, 0.6) is 5.75 Å². The van der Waals surface area contributed by atoms with Crippen LogP contribution >= 0.6 is 0 Å². The molecule has 2 amide bonds. The molecule has 1 aromatic carbocycles. The lowest BCUT2D eigenvalue weighted by Crippen LogP contribution is -2.38. The first kappa shape index (κ1) is 22.8. The number of carbonyl (C=O) groups is 2. The van der Waals surface area contributed by atoms with Gasteiger partial charge in [-0.1, -0.05) is 17.3 Å². The molecule has 1 saturated heterocycles. The third kappa shape index (κ3) is 6.53. The van der Waals surface area contributed by atoms with E-state index in [0.717, 1.165) is 25.0 Å². The molecule has 1 fully saturated rings. The van der Waals surface area contributed by atoms with E-state index >= 15 is 0 Å². The quantitative estimate of drug-likeness (QED) is 0.581. The minimum absolute atomic E-state index is 0.0836. The van der Waals surface area contributed by atoms with Crippen molar-refractivity contribution in [2.45, 2.75) is 25.4 Å². The topological polar surface area (TPSA) is 103 Å². The highest BCUT2D eigenvalue weighted by atomic mass is 16.5. The van der Waals surface area contributed by atoms with E-state index in [0.29, 0.717) is 31.2 Å². The molecule has 0 spiro atoms. The maximum absolute atomic E-state index is 13.0. The number of ether oxygens (including phenoxy) is 3. The molecule has 0 aliphatic carbocycles. The Balaban J connectivity index is 1.59. The molecule has 0 radical (unpaired) electrons. The highest BCUT2D eigenvalue weighted by Crippen LogP contribution is 2.24. The van der Waals surface area contributed by atoms with Gasteiger partial charge in [0.2, 0.25) is 5.91 Å². The van der Waals surface area contributed by atoms with Crippen molar-refractivity contribution in [1.29, 1.82) is 0 Å². The number of nitrogens with zero attached hydrogens (tertiary/aromatic N) is 2. The zero-order chi connectivity index (χ0) is 22.1. The monoisotopic (exact) mass is 431 g/mol. The fraction of sp³-hybridized carbons (Fsp3) is 0.500. The van der Waals surface area contributed by atoms with E-state index in [9.17, 15) is 9.59 Å². The molecule has 1 aliphatic heterocycles. The number of nitrogens with one attached hydrogen (secondary N) is 1. The number of hydrogen-bond acceptors (Lipinski definition) is 7. The van der Waals surface area contributed by atoms with Crippen molar-refractivity contribution >= 4 is 11.8 Å². The van der Waals surface area contributed by atoms with Crippen LogP contribution in [0.2, 0.25) is 0 Å². The van der Waals surface area contributed by atoms with Gasteiger partial charge in [-0.05, 0) is 25.0 Å². The summed E-state index contributed by atoms with van der Waals surface area (Å²) in [4.78, 5) is 26.7. The largest absolute Gasteiger partial charge is 0.497 e. The smallest absolute Gasteiger partial charge is 0.276 e. The van der Waals surface area contributed by atoms with Crippen molar-refractivity contribution in [2.24, 2.45) is 0 Å². The van der Waals surface area contributed by atoms with Crippen LogP contribution in [0.3, 0.4) is 0 Å². The van der Waals surface area contributed by atoms with Gasteiger partial charge in [-0.2, -0.15) is 0 Å². The molecule has 9 nitrogen and oxygen atoms in total. The van der Waals surface area contributed by atoms with Crippen molar-refractivity contribution in [3.05, 3.63) is 36.0 Å². The van der Waals surface area contributed by atoms with Crippen LogP contribution in [-0.2, 0) is 14.3 Å². The van der Waals surface area contributed by atoms with E-state index in [1.54, 1.807) is 31.3 Å². The lowest BCUT2D eigenvalue weighted by Gasteiger charge is -2.21. The van der Waals surface area contributed by atoms with Gasteiger partial charge in [-0.25, -0.2) is 0 Å². The molecule has 0 bridgehead atoms. The number of amides is 2. The predicted molar refractivity (Wildman–Crippen MR) is 113 cm³/mol. The molecule has 1 N–H and O–H groups in total. The second kappa shape index (κ2) is 11.5. The number of rotatable bonds is 11. The van der Waals surface area contributed by atoms with Gasteiger partial charge in [-0.3, -0.25) is 9.59 Å². The molecular formula is C22H29N3O6. The average molecular weight is 431 g/mol. The summed E-state index contributed by atoms with van der Waals surface area (Å²) in [5.74, 6) is 0.700. The number of aromatic nitrogens is 1. The van der Waals surface area contributed by atoms with Gasteiger partial charge in [0, 0.05) is 51.4 Å². The Kier molecular flexibility index (Phi) is 8.43. The molecule has 2 heterocycles. The van der Waals surface area contributed by atoms with Crippen LogP contribution in [0.25, 0.3) is 11.3 Å². The Morgan fingerprint density at radius 2 is 2.13 bits per heavy atom. The summed E-state index contributed by atoms with van der Waals surface area (Å²) >= 11 is 0. The molecule has 1 atom stereocenters. The highest BCUT2D eigenvalue weighted by molar-refractivity contribution is 5.93. The van der Waals surface area contributed by atoms with E-state index in [1.165, 1.54) is 0 Å². The third-order valence-electron chi connectivity index (χ3n) is 5.10. The zero-order valence-electron chi connectivity index (χ0n) is 18.0. The minimum Gasteiger partial charge on any atom is -0.497 e. The molecular weight excluding hydrogens is 402 g/mol. The summed E-state index contributed by atoms with van der Waals surface area (Å²) in [6, 6.07) is 8.89. The van der Waals surface area contributed by atoms with E-state index in [1.807, 2.05) is 18.2 Å². The summed E-state index contributed by atoms with van der Waals surface area (Å²) in [6.45, 7) is 2.19. The first-order valence-corrected chi connectivity index (χ1v) is 10.4. The molecule has 1 unspecified atom stereocenters. The number of methoxy groups -OCH3 is 2. The van der Waals surface area contributed by atoms with Gasteiger partial charge in [0.15, 0.2) is 11.5 Å². The van der Waals surface area contributed by atoms with E-state index in [-0.39, 0.29) is 36.6 Å². The normalized spacial score (nSPS) is 15.6. The number of hydrogen-bond donors (Lipinski definition) is 1. The summed E-state index contributed by atoms with van der Waals surface area (Å²) in [7, 11) is 3.15. The van der Waals surface area contributed by atoms with Gasteiger partial charge in [0.05, 0.1) is 19.8 Å². The maximum Gasteiger partial charge on any atom is 0.276 e. The summed E-state index contributed by atoms with van der Waals surface area (Å²) in [5, 5.41) is 6.80. The first-order chi connectivity index (χ1) is 15.1. The average Bonchev–Trinajstić information content (AvgIpc) is 3.50. The molecule has 31 heavy (non-hydrogen) atoms. The zero-order valence-corrected chi connectivity index (χ0v) is 18.0. The van der Waals surface area contributed by atoms with Crippen molar-refractivity contribution in [2.75, 3.05) is 47.1 Å². The van der Waals surface area contributed by atoms with Crippen molar-refractivity contribution in [1.82, 2.24) is 15.4 Å². The fourth-order valence-corrected chi connectivity index (χ4v) is 3.32. The fourth-order valence-electron chi connectivity index (χ4n) is 3.32. The van der Waals surface area contributed by atoms with Crippen molar-refractivity contribution in [3.8, 4) is 17.1 Å². The number of benzene rings is 1. The summed E-state index contributed by atoms with van der Waals surface area (Å²) in [5.41, 5.74) is 0.927. The van der Waals surface area contributed by atoms with E-state index in [2.05, 4.69) is 10.5 Å². The van der Waals surface area contributed by atoms with Gasteiger partial charge in [-0.15, -0.1) is 0 Å². The minimum atomic E-state index is -0.318. The van der Waals surface area contributed by atoms with E-state index < -0.39 is 0 Å². The maximum atomic E-state index is 13.0. The van der Waals surface area contributed by atoms with Gasteiger partial charge in [0.25, 0.3) is 5.91 Å². The molecule has 2 aromatic rings. The highest BCUT2D eigenvalue weighted by Gasteiger charge is 2.22. The second-order valence-corrected chi connectivity index (χ2v) is 7.28. The molecule has 3 rings (SSSR count). The SMILES string of the molecule is COCCN(CCC(=O)NCC1CCCO1)C(=O)c1cc(-c2cccc(OC)c2)on1. The van der Waals surface area contributed by atoms with Crippen molar-refractivity contribution in [3.63, 3.8) is 0 Å². The Morgan fingerprint density at radius 1 is 1.26 bits per heavy atom. The van der Waals surface area contributed by atoms with Crippen LogP contribution in [0, 0.1) is 0 Å². The summed E-state index contributed by atoms with van der Waals surface area (Å²) in [6.07, 6.45) is 2.25. The molecule has 168 valence electrons. The molecule has 1 aliphatic rings. The standard InChI is InChI=1S/C22H29N3O6/c1-28-12-10-25(9-8-21(26)23-15-18-7-4-11-30-18)22(27)19-14-20(31-24-19)16-5-3-6-17(13-16)29-2/h3,5-6,13-14,18H,4,7-12,15H2,1-2H3,(H,23,26). The lowest BCUT2D eigenvalue weighted by molar-refractivity contribution is -0.121. The molecule has 9 heteroatoms. The van der Waals surface area contributed by atoms with Crippen LogP contribution < -0.4 is 10.1 Å². The predicted octanol–water partition coefficient (Wildman–Crippen LogP) is 2.12. The van der Waals surface area contributed by atoms with Crippen molar-refractivity contribution < 1.29 is 28.3 Å².